The summed E-state index contributed by atoms with van der Waals surface area (Å²) in [5.74, 6) is -0.359. The highest BCUT2D eigenvalue weighted by molar-refractivity contribution is 7.92. The quantitative estimate of drug-likeness (QED) is 0.472. The number of sulfonamides is 1. The number of nitrogens with zero attached hydrogens (tertiary/aromatic N) is 2. The summed E-state index contributed by atoms with van der Waals surface area (Å²) in [4.78, 5) is 28.2. The number of anilines is 1. The number of rotatable bonds is 12. The predicted molar refractivity (Wildman–Crippen MR) is 142 cm³/mol. The molecule has 0 spiro atoms. The van der Waals surface area contributed by atoms with E-state index in [1.165, 1.54) is 4.90 Å². The van der Waals surface area contributed by atoms with Crippen LogP contribution >= 0.6 is 0 Å². The van der Waals surface area contributed by atoms with Gasteiger partial charge in [0, 0.05) is 13.1 Å². The Bertz CT molecular complexity index is 1100. The first-order chi connectivity index (χ1) is 16.5. The van der Waals surface area contributed by atoms with Crippen molar-refractivity contribution < 1.29 is 18.0 Å². The van der Waals surface area contributed by atoms with Crippen LogP contribution in [0.1, 0.15) is 63.1 Å². The molecule has 2 amide bonds. The molecular weight excluding hydrogens is 462 g/mol. The minimum Gasteiger partial charge on any atom is -0.354 e. The smallest absolute Gasteiger partial charge is 0.244 e. The van der Waals surface area contributed by atoms with E-state index in [2.05, 4.69) is 19.2 Å². The molecule has 0 aromatic heterocycles. The fourth-order valence-electron chi connectivity index (χ4n) is 3.90. The van der Waals surface area contributed by atoms with Crippen LogP contribution in [0, 0.1) is 6.92 Å². The standard InChI is InChI=1S/C27H39N3O4S/c1-7-17-28-27(32)25(8-2)29(18-23-12-10-9-11-21(23)5)26(31)19-30(35(6,33)34)24-15-13-22(14-16-24)20(3)4/h9-16,20,25H,7-8,17-19H2,1-6H3,(H,28,32). The van der Waals surface area contributed by atoms with E-state index in [4.69, 9.17) is 0 Å². The van der Waals surface area contributed by atoms with E-state index in [0.29, 0.717) is 24.6 Å². The van der Waals surface area contributed by atoms with Crippen molar-refractivity contribution in [2.45, 2.75) is 66.0 Å². The van der Waals surface area contributed by atoms with Crippen LogP contribution in [0.3, 0.4) is 0 Å². The second kappa shape index (κ2) is 12.7. The lowest BCUT2D eigenvalue weighted by atomic mass is 10.0. The Labute approximate surface area is 210 Å². The maximum Gasteiger partial charge on any atom is 0.244 e. The Balaban J connectivity index is 2.43. The predicted octanol–water partition coefficient (Wildman–Crippen LogP) is 4.22. The van der Waals surface area contributed by atoms with E-state index >= 15 is 0 Å². The minimum absolute atomic E-state index is 0.216. The molecule has 0 bridgehead atoms. The number of hydrogen-bond donors (Lipinski definition) is 1. The molecule has 0 aliphatic carbocycles. The van der Waals surface area contributed by atoms with E-state index in [0.717, 1.165) is 33.7 Å². The van der Waals surface area contributed by atoms with Gasteiger partial charge < -0.3 is 10.2 Å². The van der Waals surface area contributed by atoms with Gasteiger partial charge in [0.2, 0.25) is 21.8 Å². The molecule has 0 saturated heterocycles. The zero-order valence-electron chi connectivity index (χ0n) is 21.7. The molecule has 0 fully saturated rings. The lowest BCUT2D eigenvalue weighted by molar-refractivity contribution is -0.140. The highest BCUT2D eigenvalue weighted by atomic mass is 32.2. The number of aryl methyl sites for hydroxylation is 1. The SMILES string of the molecule is CCCNC(=O)C(CC)N(Cc1ccccc1C)C(=O)CN(c1ccc(C(C)C)cc1)S(C)(=O)=O. The Morgan fingerprint density at radius 1 is 1.00 bits per heavy atom. The third-order valence-corrected chi connectivity index (χ3v) is 7.20. The number of amides is 2. The molecule has 2 rings (SSSR count). The lowest BCUT2D eigenvalue weighted by Crippen LogP contribution is -2.52. The fraction of sp³-hybridized carbons (Fsp3) is 0.481. The molecular formula is C27H39N3O4S. The summed E-state index contributed by atoms with van der Waals surface area (Å²) < 4.78 is 26.5. The van der Waals surface area contributed by atoms with Crippen molar-refractivity contribution in [3.63, 3.8) is 0 Å². The molecule has 0 saturated carbocycles. The van der Waals surface area contributed by atoms with E-state index in [1.54, 1.807) is 12.1 Å². The summed E-state index contributed by atoms with van der Waals surface area (Å²) in [6, 6.07) is 14.2. The highest BCUT2D eigenvalue weighted by Crippen LogP contribution is 2.23. The molecule has 8 heteroatoms. The first-order valence-electron chi connectivity index (χ1n) is 12.2. The van der Waals surface area contributed by atoms with Crippen molar-refractivity contribution in [2.24, 2.45) is 0 Å². The number of carbonyl (C=O) groups excluding carboxylic acids is 2. The summed E-state index contributed by atoms with van der Waals surface area (Å²) in [6.07, 6.45) is 2.28. The summed E-state index contributed by atoms with van der Waals surface area (Å²) >= 11 is 0. The van der Waals surface area contributed by atoms with Gasteiger partial charge in [-0.15, -0.1) is 0 Å². The van der Waals surface area contributed by atoms with E-state index in [-0.39, 0.29) is 19.0 Å². The van der Waals surface area contributed by atoms with Gasteiger partial charge in [-0.05, 0) is 54.5 Å². The molecule has 2 aromatic carbocycles. The van der Waals surface area contributed by atoms with Crippen molar-refractivity contribution in [1.29, 1.82) is 0 Å². The van der Waals surface area contributed by atoms with Crippen LogP contribution in [-0.4, -0.2) is 50.5 Å². The molecule has 0 aliphatic heterocycles. The average Bonchev–Trinajstić information content (AvgIpc) is 2.81. The van der Waals surface area contributed by atoms with Crippen molar-refractivity contribution in [2.75, 3.05) is 23.7 Å². The van der Waals surface area contributed by atoms with Gasteiger partial charge in [0.25, 0.3) is 0 Å². The van der Waals surface area contributed by atoms with Crippen LogP contribution in [0.2, 0.25) is 0 Å². The van der Waals surface area contributed by atoms with Crippen molar-refractivity contribution in [3.8, 4) is 0 Å². The lowest BCUT2D eigenvalue weighted by Gasteiger charge is -2.33. The Hall–Kier alpha value is -2.87. The van der Waals surface area contributed by atoms with Crippen LogP contribution in [-0.2, 0) is 26.2 Å². The van der Waals surface area contributed by atoms with Gasteiger partial charge in [-0.25, -0.2) is 8.42 Å². The number of carbonyl (C=O) groups is 2. The van der Waals surface area contributed by atoms with Crippen LogP contribution in [0.4, 0.5) is 5.69 Å². The second-order valence-electron chi connectivity index (χ2n) is 9.18. The minimum atomic E-state index is -3.74. The topological polar surface area (TPSA) is 86.8 Å². The monoisotopic (exact) mass is 501 g/mol. The Kier molecular flexibility index (Phi) is 10.3. The average molecular weight is 502 g/mol. The van der Waals surface area contributed by atoms with Gasteiger partial charge in [0.15, 0.2) is 0 Å². The molecule has 0 aliphatic rings. The molecule has 2 aromatic rings. The van der Waals surface area contributed by atoms with Crippen LogP contribution in [0.25, 0.3) is 0 Å². The summed E-state index contributed by atoms with van der Waals surface area (Å²) in [5.41, 5.74) is 3.41. The summed E-state index contributed by atoms with van der Waals surface area (Å²) in [7, 11) is -3.74. The molecule has 7 nitrogen and oxygen atoms in total. The first-order valence-corrected chi connectivity index (χ1v) is 14.0. The van der Waals surface area contributed by atoms with Gasteiger partial charge >= 0.3 is 0 Å². The third kappa shape index (κ3) is 7.82. The van der Waals surface area contributed by atoms with Gasteiger partial charge in [0.1, 0.15) is 12.6 Å². The summed E-state index contributed by atoms with van der Waals surface area (Å²) in [6.45, 7) is 10.2. The zero-order valence-corrected chi connectivity index (χ0v) is 22.6. The molecule has 0 heterocycles. The third-order valence-electron chi connectivity index (χ3n) is 6.06. The maximum absolute atomic E-state index is 13.7. The van der Waals surface area contributed by atoms with Gasteiger partial charge in [-0.3, -0.25) is 13.9 Å². The van der Waals surface area contributed by atoms with Gasteiger partial charge in [-0.1, -0.05) is 64.1 Å². The Morgan fingerprint density at radius 3 is 2.14 bits per heavy atom. The van der Waals surface area contributed by atoms with E-state index in [1.807, 2.05) is 57.2 Å². The number of hydrogen-bond acceptors (Lipinski definition) is 4. The molecule has 1 N–H and O–H groups in total. The second-order valence-corrected chi connectivity index (χ2v) is 11.1. The molecule has 1 atom stereocenters. The van der Waals surface area contributed by atoms with Gasteiger partial charge in [0.05, 0.1) is 11.9 Å². The normalized spacial score (nSPS) is 12.3. The van der Waals surface area contributed by atoms with Crippen LogP contribution in [0.15, 0.2) is 48.5 Å². The van der Waals surface area contributed by atoms with Crippen molar-refractivity contribution >= 4 is 27.5 Å². The first kappa shape index (κ1) is 28.4. The molecule has 1 unspecified atom stereocenters. The van der Waals surface area contributed by atoms with E-state index in [9.17, 15) is 18.0 Å². The fourth-order valence-corrected chi connectivity index (χ4v) is 4.75. The molecule has 0 radical (unpaired) electrons. The van der Waals surface area contributed by atoms with E-state index < -0.39 is 22.0 Å². The largest absolute Gasteiger partial charge is 0.354 e. The van der Waals surface area contributed by atoms with Gasteiger partial charge in [-0.2, -0.15) is 0 Å². The molecule has 35 heavy (non-hydrogen) atoms. The zero-order chi connectivity index (χ0) is 26.2. The van der Waals surface area contributed by atoms with Crippen LogP contribution in [0.5, 0.6) is 0 Å². The maximum atomic E-state index is 13.7. The van der Waals surface area contributed by atoms with Crippen molar-refractivity contribution in [1.82, 2.24) is 10.2 Å². The number of benzene rings is 2. The number of nitrogens with one attached hydrogen (secondary N) is 1. The van der Waals surface area contributed by atoms with Crippen molar-refractivity contribution in [3.05, 3.63) is 65.2 Å². The van der Waals surface area contributed by atoms with Crippen LogP contribution < -0.4 is 9.62 Å². The highest BCUT2D eigenvalue weighted by Gasteiger charge is 2.31. The molecule has 192 valence electrons. The summed E-state index contributed by atoms with van der Waals surface area (Å²) in [5, 5.41) is 2.89. The Morgan fingerprint density at radius 2 is 1.63 bits per heavy atom.